The van der Waals surface area contributed by atoms with Crippen LogP contribution in [0.1, 0.15) is 41.0 Å². The predicted octanol–water partition coefficient (Wildman–Crippen LogP) is 3.68. The molecule has 0 spiro atoms. The number of anilines is 1. The van der Waals surface area contributed by atoms with Gasteiger partial charge in [-0.05, 0) is 54.3 Å². The van der Waals surface area contributed by atoms with E-state index < -0.39 is 6.04 Å². The van der Waals surface area contributed by atoms with Crippen molar-refractivity contribution in [3.05, 3.63) is 70.6 Å². The van der Waals surface area contributed by atoms with E-state index in [2.05, 4.69) is 20.6 Å². The fraction of sp³-hybridized carbons (Fsp3) is 0.304. The topological polar surface area (TPSA) is 110 Å². The molecule has 1 amide bonds. The summed E-state index contributed by atoms with van der Waals surface area (Å²) >= 11 is 6.02. The number of nitrogens with zero attached hydrogens (tertiary/aromatic N) is 1. The van der Waals surface area contributed by atoms with Gasteiger partial charge < -0.3 is 25.8 Å². The summed E-state index contributed by atoms with van der Waals surface area (Å²) in [5, 5.41) is 25.7. The van der Waals surface area contributed by atoms with Gasteiger partial charge in [-0.15, -0.1) is 0 Å². The molecule has 3 rings (SSSR count). The van der Waals surface area contributed by atoms with Crippen LogP contribution in [-0.4, -0.2) is 45.3 Å². The van der Waals surface area contributed by atoms with E-state index in [9.17, 15) is 15.0 Å². The Morgan fingerprint density at radius 3 is 2.71 bits per heavy atom. The maximum Gasteiger partial charge on any atom is 0.268 e. The zero-order valence-electron chi connectivity index (χ0n) is 17.5. The van der Waals surface area contributed by atoms with Crippen molar-refractivity contribution in [1.29, 1.82) is 0 Å². The largest absolute Gasteiger partial charge is 0.394 e. The standard InChI is InChI=1S/C23H27ClN4O3/c1-3-18(12-29)27-22-9-19(14(2)10-26-22)16-8-20(25-11-16)23(31)28-21(13-30)15-5-4-6-17(24)7-15/h4-11,18,21,25,29-30H,3,12-13H2,1-2H3,(H,26,27)(H,28,31)/t18-,21+/m0/s1. The number of rotatable bonds is 9. The van der Waals surface area contributed by atoms with Crippen molar-refractivity contribution in [2.75, 3.05) is 18.5 Å². The summed E-state index contributed by atoms with van der Waals surface area (Å²) < 4.78 is 0. The van der Waals surface area contributed by atoms with Crippen molar-refractivity contribution < 1.29 is 15.0 Å². The van der Waals surface area contributed by atoms with E-state index in [0.717, 1.165) is 28.7 Å². The van der Waals surface area contributed by atoms with E-state index in [0.29, 0.717) is 16.5 Å². The Morgan fingerprint density at radius 1 is 1.23 bits per heavy atom. The third-order valence-corrected chi connectivity index (χ3v) is 5.38. The van der Waals surface area contributed by atoms with Crippen molar-refractivity contribution in [3.8, 4) is 11.1 Å². The van der Waals surface area contributed by atoms with Crippen molar-refractivity contribution >= 4 is 23.3 Å². The van der Waals surface area contributed by atoms with Gasteiger partial charge in [0.2, 0.25) is 0 Å². The first-order chi connectivity index (χ1) is 14.9. The first-order valence-corrected chi connectivity index (χ1v) is 10.5. The van der Waals surface area contributed by atoms with Crippen LogP contribution in [0.4, 0.5) is 5.82 Å². The number of aliphatic hydroxyl groups excluding tert-OH is 2. The quantitative estimate of drug-likeness (QED) is 0.347. The Bertz CT molecular complexity index is 1030. The normalized spacial score (nSPS) is 12.9. The van der Waals surface area contributed by atoms with E-state index in [1.165, 1.54) is 0 Å². The van der Waals surface area contributed by atoms with Gasteiger partial charge in [-0.2, -0.15) is 0 Å². The van der Waals surface area contributed by atoms with Crippen molar-refractivity contribution in [2.45, 2.75) is 32.4 Å². The van der Waals surface area contributed by atoms with Crippen molar-refractivity contribution in [1.82, 2.24) is 15.3 Å². The molecule has 7 nitrogen and oxygen atoms in total. The monoisotopic (exact) mass is 442 g/mol. The lowest BCUT2D eigenvalue weighted by molar-refractivity contribution is 0.0911. The first kappa shape index (κ1) is 22.8. The van der Waals surface area contributed by atoms with Crippen LogP contribution >= 0.6 is 11.6 Å². The minimum Gasteiger partial charge on any atom is -0.394 e. The molecule has 0 saturated carbocycles. The van der Waals surface area contributed by atoms with Gasteiger partial charge >= 0.3 is 0 Å². The van der Waals surface area contributed by atoms with Gasteiger partial charge in [0.1, 0.15) is 11.5 Å². The zero-order chi connectivity index (χ0) is 22.4. The molecule has 31 heavy (non-hydrogen) atoms. The molecule has 0 radical (unpaired) electrons. The molecule has 0 saturated heterocycles. The van der Waals surface area contributed by atoms with Gasteiger partial charge in [0.05, 0.1) is 25.3 Å². The molecule has 0 aliphatic heterocycles. The number of halogens is 1. The van der Waals surface area contributed by atoms with Crippen LogP contribution < -0.4 is 10.6 Å². The van der Waals surface area contributed by atoms with Crippen LogP contribution in [-0.2, 0) is 0 Å². The summed E-state index contributed by atoms with van der Waals surface area (Å²) in [7, 11) is 0. The summed E-state index contributed by atoms with van der Waals surface area (Å²) in [4.78, 5) is 20.1. The second kappa shape index (κ2) is 10.4. The molecule has 2 heterocycles. The van der Waals surface area contributed by atoms with Crippen molar-refractivity contribution in [2.24, 2.45) is 0 Å². The summed E-state index contributed by atoms with van der Waals surface area (Å²) in [6, 6.07) is 10.1. The lowest BCUT2D eigenvalue weighted by atomic mass is 10.0. The second-order valence-corrected chi connectivity index (χ2v) is 7.82. The van der Waals surface area contributed by atoms with Crippen LogP contribution in [0.25, 0.3) is 11.1 Å². The molecule has 8 heteroatoms. The van der Waals surface area contributed by atoms with E-state index in [1.54, 1.807) is 42.7 Å². The van der Waals surface area contributed by atoms with Crippen molar-refractivity contribution in [3.63, 3.8) is 0 Å². The van der Waals surface area contributed by atoms with Gasteiger partial charge in [0.25, 0.3) is 5.91 Å². The van der Waals surface area contributed by atoms with Gasteiger partial charge in [0, 0.05) is 23.0 Å². The first-order valence-electron chi connectivity index (χ1n) is 10.1. The number of aromatic amines is 1. The molecule has 1 aromatic carbocycles. The van der Waals surface area contributed by atoms with Crippen LogP contribution in [0, 0.1) is 6.92 Å². The average molecular weight is 443 g/mol. The minimum absolute atomic E-state index is 0.0223. The van der Waals surface area contributed by atoms with Gasteiger partial charge in [-0.25, -0.2) is 4.98 Å². The fourth-order valence-electron chi connectivity index (χ4n) is 3.27. The summed E-state index contributed by atoms with van der Waals surface area (Å²) in [5.74, 6) is 0.330. The minimum atomic E-state index is -0.569. The molecule has 164 valence electrons. The maximum atomic E-state index is 12.8. The molecule has 0 bridgehead atoms. The Morgan fingerprint density at radius 2 is 2.03 bits per heavy atom. The molecule has 5 N–H and O–H groups in total. The highest BCUT2D eigenvalue weighted by atomic mass is 35.5. The SMILES string of the molecule is CC[C@@H](CO)Nc1cc(-c2c[nH]c(C(=O)N[C@H](CO)c3cccc(Cl)c3)c2)c(C)cn1. The molecule has 2 atom stereocenters. The molecule has 0 unspecified atom stereocenters. The number of hydrogen-bond donors (Lipinski definition) is 5. The Kier molecular flexibility index (Phi) is 7.68. The number of H-pyrrole nitrogens is 1. The number of nitrogens with one attached hydrogen (secondary N) is 3. The number of hydrogen-bond acceptors (Lipinski definition) is 5. The highest BCUT2D eigenvalue weighted by Gasteiger charge is 2.18. The molecule has 0 aliphatic carbocycles. The molecular weight excluding hydrogens is 416 g/mol. The zero-order valence-corrected chi connectivity index (χ0v) is 18.3. The molecule has 0 fully saturated rings. The Balaban J connectivity index is 1.78. The summed E-state index contributed by atoms with van der Waals surface area (Å²) in [6.45, 7) is 3.71. The third kappa shape index (κ3) is 5.64. The van der Waals surface area contributed by atoms with E-state index in [-0.39, 0.29) is 25.2 Å². The molecule has 0 aliphatic rings. The van der Waals surface area contributed by atoms with Gasteiger partial charge in [-0.1, -0.05) is 30.7 Å². The van der Waals surface area contributed by atoms with E-state index in [1.807, 2.05) is 19.9 Å². The highest BCUT2D eigenvalue weighted by Crippen LogP contribution is 2.27. The van der Waals surface area contributed by atoms with Crippen LogP contribution in [0.5, 0.6) is 0 Å². The number of aromatic nitrogens is 2. The predicted molar refractivity (Wildman–Crippen MR) is 122 cm³/mol. The summed E-state index contributed by atoms with van der Waals surface area (Å²) in [6.07, 6.45) is 4.29. The number of pyridine rings is 1. The van der Waals surface area contributed by atoms with Crippen LogP contribution in [0.2, 0.25) is 5.02 Å². The Hall–Kier alpha value is -2.87. The van der Waals surface area contributed by atoms with Crippen LogP contribution in [0.3, 0.4) is 0 Å². The average Bonchev–Trinajstić information content (AvgIpc) is 3.27. The number of benzene rings is 1. The van der Waals surface area contributed by atoms with Gasteiger partial charge in [-0.3, -0.25) is 4.79 Å². The number of amides is 1. The number of carbonyl (C=O) groups is 1. The summed E-state index contributed by atoms with van der Waals surface area (Å²) in [5.41, 5.74) is 3.83. The molecular formula is C23H27ClN4O3. The Labute approximate surface area is 186 Å². The smallest absolute Gasteiger partial charge is 0.268 e. The van der Waals surface area contributed by atoms with E-state index in [4.69, 9.17) is 11.6 Å². The van der Waals surface area contributed by atoms with Crippen LogP contribution in [0.15, 0.2) is 48.8 Å². The van der Waals surface area contributed by atoms with Gasteiger partial charge in [0.15, 0.2) is 0 Å². The maximum absolute atomic E-state index is 12.8. The lowest BCUT2D eigenvalue weighted by Crippen LogP contribution is -2.31. The third-order valence-electron chi connectivity index (χ3n) is 5.15. The number of carbonyl (C=O) groups excluding carboxylic acids is 1. The second-order valence-electron chi connectivity index (χ2n) is 7.38. The lowest BCUT2D eigenvalue weighted by Gasteiger charge is -2.16. The molecule has 3 aromatic rings. The highest BCUT2D eigenvalue weighted by molar-refractivity contribution is 6.30. The fourth-order valence-corrected chi connectivity index (χ4v) is 3.47. The molecule has 2 aromatic heterocycles. The number of aliphatic hydroxyl groups is 2. The number of aryl methyl sites for hydroxylation is 1. The van der Waals surface area contributed by atoms with E-state index >= 15 is 0 Å².